The van der Waals surface area contributed by atoms with Gasteiger partial charge in [0.2, 0.25) is 5.78 Å². The van der Waals surface area contributed by atoms with E-state index in [0.29, 0.717) is 23.0 Å². The van der Waals surface area contributed by atoms with Crippen LogP contribution in [0.1, 0.15) is 27.4 Å². The predicted octanol–water partition coefficient (Wildman–Crippen LogP) is 2.14. The lowest BCUT2D eigenvalue weighted by atomic mass is 10.0. The van der Waals surface area contributed by atoms with Crippen molar-refractivity contribution in [2.75, 3.05) is 0 Å². The summed E-state index contributed by atoms with van der Waals surface area (Å²) in [7, 11) is 0. The lowest BCUT2D eigenvalue weighted by molar-refractivity contribution is 0.0950. The van der Waals surface area contributed by atoms with Crippen LogP contribution in [0.4, 0.5) is 0 Å². The molecule has 2 heterocycles. The van der Waals surface area contributed by atoms with Crippen molar-refractivity contribution in [3.63, 3.8) is 0 Å². The standard InChI is InChI=1S/C15H14Cl2N4O/c16-10-2-1-8(11(17)4-10)3-12(18)14(22)15-20-6-9-5-19-7-13(9)21-15/h1-2,4,6,12,19H,3,5,7,18H2/t12-/m1/s1. The molecule has 114 valence electrons. The Morgan fingerprint density at radius 1 is 1.36 bits per heavy atom. The molecule has 22 heavy (non-hydrogen) atoms. The molecule has 0 amide bonds. The minimum absolute atomic E-state index is 0.153. The highest BCUT2D eigenvalue weighted by atomic mass is 35.5. The second-order valence-electron chi connectivity index (χ2n) is 5.18. The average Bonchev–Trinajstić information content (AvgIpc) is 2.96. The van der Waals surface area contributed by atoms with Gasteiger partial charge in [-0.05, 0) is 24.1 Å². The van der Waals surface area contributed by atoms with Crippen LogP contribution in [0.25, 0.3) is 0 Å². The Morgan fingerprint density at radius 3 is 2.95 bits per heavy atom. The van der Waals surface area contributed by atoms with Gasteiger partial charge in [-0.3, -0.25) is 4.79 Å². The van der Waals surface area contributed by atoms with Crippen LogP contribution < -0.4 is 11.1 Å². The number of nitrogens with zero attached hydrogens (tertiary/aromatic N) is 2. The molecule has 7 heteroatoms. The molecule has 1 aromatic heterocycles. The highest BCUT2D eigenvalue weighted by molar-refractivity contribution is 6.35. The van der Waals surface area contributed by atoms with Crippen molar-refractivity contribution >= 4 is 29.0 Å². The van der Waals surface area contributed by atoms with E-state index in [4.69, 9.17) is 28.9 Å². The number of nitrogens with one attached hydrogen (secondary N) is 1. The summed E-state index contributed by atoms with van der Waals surface area (Å²) in [4.78, 5) is 20.8. The molecule has 0 radical (unpaired) electrons. The Labute approximate surface area is 137 Å². The topological polar surface area (TPSA) is 80.9 Å². The third-order valence-corrected chi connectivity index (χ3v) is 4.16. The molecule has 1 aliphatic rings. The molecule has 0 saturated carbocycles. The van der Waals surface area contributed by atoms with E-state index in [0.717, 1.165) is 23.4 Å². The maximum Gasteiger partial charge on any atom is 0.216 e. The smallest absolute Gasteiger partial charge is 0.216 e. The molecule has 1 aliphatic heterocycles. The molecular formula is C15H14Cl2N4O. The molecule has 0 fully saturated rings. The molecule has 0 bridgehead atoms. The summed E-state index contributed by atoms with van der Waals surface area (Å²) in [6.45, 7) is 1.38. The summed E-state index contributed by atoms with van der Waals surface area (Å²) in [6, 6.07) is 4.38. The van der Waals surface area contributed by atoms with Gasteiger partial charge in [0.1, 0.15) is 0 Å². The fourth-order valence-corrected chi connectivity index (χ4v) is 2.85. The zero-order valence-electron chi connectivity index (χ0n) is 11.6. The van der Waals surface area contributed by atoms with E-state index < -0.39 is 6.04 Å². The van der Waals surface area contributed by atoms with Crippen molar-refractivity contribution < 1.29 is 4.79 Å². The van der Waals surface area contributed by atoms with Crippen molar-refractivity contribution in [2.24, 2.45) is 5.73 Å². The van der Waals surface area contributed by atoms with Crippen molar-refractivity contribution in [3.8, 4) is 0 Å². The number of hydrogen-bond donors (Lipinski definition) is 2. The Balaban J connectivity index is 1.77. The lowest BCUT2D eigenvalue weighted by Gasteiger charge is -2.11. The first-order chi connectivity index (χ1) is 10.5. The fraction of sp³-hybridized carbons (Fsp3) is 0.267. The van der Waals surface area contributed by atoms with Crippen LogP contribution in [-0.2, 0) is 19.5 Å². The summed E-state index contributed by atoms with van der Waals surface area (Å²) < 4.78 is 0. The van der Waals surface area contributed by atoms with Gasteiger partial charge in [-0.15, -0.1) is 0 Å². The zero-order chi connectivity index (χ0) is 15.7. The fourth-order valence-electron chi connectivity index (χ4n) is 2.36. The summed E-state index contributed by atoms with van der Waals surface area (Å²) in [5.41, 5.74) is 8.65. The van der Waals surface area contributed by atoms with Gasteiger partial charge in [-0.25, -0.2) is 9.97 Å². The zero-order valence-corrected chi connectivity index (χ0v) is 13.2. The number of benzene rings is 1. The van der Waals surface area contributed by atoms with Crippen molar-refractivity contribution in [2.45, 2.75) is 25.6 Å². The highest BCUT2D eigenvalue weighted by Gasteiger charge is 2.22. The number of hydrogen-bond acceptors (Lipinski definition) is 5. The Hall–Kier alpha value is -1.53. The Bertz CT molecular complexity index is 735. The van der Waals surface area contributed by atoms with Crippen LogP contribution in [0.5, 0.6) is 0 Å². The van der Waals surface area contributed by atoms with Gasteiger partial charge in [-0.2, -0.15) is 0 Å². The van der Waals surface area contributed by atoms with Gasteiger partial charge < -0.3 is 11.1 Å². The van der Waals surface area contributed by atoms with Gasteiger partial charge in [0, 0.05) is 34.9 Å². The highest BCUT2D eigenvalue weighted by Crippen LogP contribution is 2.22. The van der Waals surface area contributed by atoms with Gasteiger partial charge >= 0.3 is 0 Å². The predicted molar refractivity (Wildman–Crippen MR) is 85.0 cm³/mol. The van der Waals surface area contributed by atoms with E-state index in [-0.39, 0.29) is 11.6 Å². The first kappa shape index (κ1) is 15.4. The molecule has 0 saturated heterocycles. The van der Waals surface area contributed by atoms with Crippen molar-refractivity contribution in [3.05, 3.63) is 57.1 Å². The molecule has 2 aromatic rings. The number of nitrogens with two attached hydrogens (primary N) is 1. The SMILES string of the molecule is N[C@H](Cc1ccc(Cl)cc1Cl)C(=O)c1ncc2c(n1)CNC2. The number of Topliss-reactive ketones (excluding diaryl/α,β-unsaturated/α-hetero) is 1. The number of ketones is 1. The van der Waals surface area contributed by atoms with E-state index in [1.54, 1.807) is 24.4 Å². The Kier molecular flexibility index (Phi) is 4.40. The van der Waals surface area contributed by atoms with Crippen molar-refractivity contribution in [1.82, 2.24) is 15.3 Å². The second kappa shape index (κ2) is 6.30. The maximum atomic E-state index is 12.4. The number of carbonyl (C=O) groups excluding carboxylic acids is 1. The van der Waals surface area contributed by atoms with Gasteiger partial charge in [0.25, 0.3) is 0 Å². The summed E-state index contributed by atoms with van der Waals surface area (Å²) >= 11 is 12.0. The van der Waals surface area contributed by atoms with Crippen LogP contribution in [0.3, 0.4) is 0 Å². The minimum Gasteiger partial charge on any atom is -0.321 e. The minimum atomic E-state index is -0.744. The molecular weight excluding hydrogens is 323 g/mol. The van der Waals surface area contributed by atoms with Gasteiger partial charge in [-0.1, -0.05) is 29.3 Å². The van der Waals surface area contributed by atoms with Gasteiger partial charge in [0.05, 0.1) is 11.7 Å². The molecule has 1 aromatic carbocycles. The quantitative estimate of drug-likeness (QED) is 0.836. The van der Waals surface area contributed by atoms with Gasteiger partial charge in [0.15, 0.2) is 5.82 Å². The van der Waals surface area contributed by atoms with Crippen LogP contribution >= 0.6 is 23.2 Å². The number of aromatic nitrogens is 2. The van der Waals surface area contributed by atoms with E-state index in [2.05, 4.69) is 15.3 Å². The monoisotopic (exact) mass is 336 g/mol. The molecule has 0 aliphatic carbocycles. The number of fused-ring (bicyclic) bond motifs is 1. The third kappa shape index (κ3) is 3.13. The van der Waals surface area contributed by atoms with Crippen LogP contribution in [0.2, 0.25) is 10.0 Å². The second-order valence-corrected chi connectivity index (χ2v) is 6.02. The van der Waals surface area contributed by atoms with E-state index >= 15 is 0 Å². The molecule has 3 N–H and O–H groups in total. The van der Waals surface area contributed by atoms with E-state index in [1.807, 2.05) is 0 Å². The first-order valence-corrected chi connectivity index (χ1v) is 7.59. The number of carbonyl (C=O) groups is 1. The average molecular weight is 337 g/mol. The van der Waals surface area contributed by atoms with Crippen LogP contribution in [-0.4, -0.2) is 21.8 Å². The molecule has 0 unspecified atom stereocenters. The lowest BCUT2D eigenvalue weighted by Crippen LogP contribution is -2.34. The molecule has 1 atom stereocenters. The maximum absolute atomic E-state index is 12.4. The van der Waals surface area contributed by atoms with E-state index in [1.165, 1.54) is 0 Å². The molecule has 3 rings (SSSR count). The van der Waals surface area contributed by atoms with E-state index in [9.17, 15) is 4.79 Å². The molecule has 5 nitrogen and oxygen atoms in total. The summed E-state index contributed by atoms with van der Waals surface area (Å²) in [5.74, 6) is -0.138. The first-order valence-electron chi connectivity index (χ1n) is 6.84. The Morgan fingerprint density at radius 2 is 2.18 bits per heavy atom. The van der Waals surface area contributed by atoms with Crippen molar-refractivity contribution in [1.29, 1.82) is 0 Å². The third-order valence-electron chi connectivity index (χ3n) is 3.57. The number of halogens is 2. The van der Waals surface area contributed by atoms with Crippen LogP contribution in [0.15, 0.2) is 24.4 Å². The normalized spacial score (nSPS) is 14.7. The largest absolute Gasteiger partial charge is 0.321 e. The summed E-state index contributed by atoms with van der Waals surface area (Å²) in [5, 5.41) is 4.20. The number of rotatable bonds is 4. The van der Waals surface area contributed by atoms with Crippen LogP contribution in [0, 0.1) is 0 Å². The molecule has 0 spiro atoms. The summed E-state index contributed by atoms with van der Waals surface area (Å²) in [6.07, 6.45) is 1.99.